The molecule has 0 aliphatic rings. The smallest absolute Gasteiger partial charge is 0.102 e. The van der Waals surface area contributed by atoms with Crippen LogP contribution in [0.25, 0.3) is 0 Å². The monoisotopic (exact) mass is 296 g/mol. The van der Waals surface area contributed by atoms with Gasteiger partial charge < -0.3 is 5.11 Å². The molecule has 84 valence electrons. The Morgan fingerprint density at radius 2 is 1.06 bits per heavy atom. The van der Waals surface area contributed by atoms with E-state index < -0.39 is 0 Å². The highest BCUT2D eigenvalue weighted by atomic mass is 35.5. The lowest BCUT2D eigenvalue weighted by Crippen LogP contribution is -1.89. The molecule has 0 atom stereocenters. The van der Waals surface area contributed by atoms with Crippen LogP contribution in [0.15, 0.2) is 0 Å². The molecule has 0 bridgehead atoms. The highest BCUT2D eigenvalue weighted by molar-refractivity contribution is 6.50. The van der Waals surface area contributed by atoms with Crippen LogP contribution in [0.2, 0.25) is 20.1 Å². The minimum absolute atomic E-state index is 0.0363. The van der Waals surface area contributed by atoms with Crippen molar-refractivity contribution in [3.63, 3.8) is 0 Å². The summed E-state index contributed by atoms with van der Waals surface area (Å²) < 4.78 is 0. The van der Waals surface area contributed by atoms with Crippen molar-refractivity contribution >= 4 is 46.4 Å². The van der Waals surface area contributed by atoms with Crippen molar-refractivity contribution in [2.45, 2.75) is 0 Å². The average molecular weight is 298 g/mol. The van der Waals surface area contributed by atoms with E-state index in [4.69, 9.17) is 62.0 Å². The molecule has 0 heterocycles. The average Bonchev–Trinajstić information content (AvgIpc) is 2.30. The molecule has 0 fully saturated rings. The van der Waals surface area contributed by atoms with Gasteiger partial charge in [-0.2, -0.15) is 10.5 Å². The first-order valence-corrected chi connectivity index (χ1v) is 5.16. The standard InChI is InChI=1S/C8Cl4N2.CH4O/c9-5-3(1-13)6(10)8(12)7(11)4(5)2-14;1-2/h;2H,1H3. The third-order valence-electron chi connectivity index (χ3n) is 1.49. The molecule has 0 saturated carbocycles. The van der Waals surface area contributed by atoms with Gasteiger partial charge in [-0.25, -0.2) is 0 Å². The van der Waals surface area contributed by atoms with Gasteiger partial charge in [-0.05, 0) is 0 Å². The molecule has 7 heteroatoms. The fourth-order valence-corrected chi connectivity index (χ4v) is 1.90. The second-order valence-corrected chi connectivity index (χ2v) is 3.74. The predicted octanol–water partition coefficient (Wildman–Crippen LogP) is 3.65. The number of halogens is 4. The van der Waals surface area contributed by atoms with Crippen LogP contribution >= 0.6 is 46.4 Å². The predicted molar refractivity (Wildman–Crippen MR) is 64.1 cm³/mol. The molecule has 0 unspecified atom stereocenters. The molecular weight excluding hydrogens is 294 g/mol. The molecule has 1 aromatic rings. The van der Waals surface area contributed by atoms with E-state index in [2.05, 4.69) is 0 Å². The number of nitriles is 2. The summed E-state index contributed by atoms with van der Waals surface area (Å²) >= 11 is 22.8. The number of aliphatic hydroxyl groups excluding tert-OH is 1. The quantitative estimate of drug-likeness (QED) is 0.587. The van der Waals surface area contributed by atoms with Crippen molar-refractivity contribution in [1.82, 2.24) is 0 Å². The minimum Gasteiger partial charge on any atom is -0.400 e. The van der Waals surface area contributed by atoms with Gasteiger partial charge in [0.25, 0.3) is 0 Å². The zero-order valence-corrected chi connectivity index (χ0v) is 10.9. The van der Waals surface area contributed by atoms with Gasteiger partial charge in [0.1, 0.15) is 12.1 Å². The molecular formula is C9H4Cl4N2O. The van der Waals surface area contributed by atoms with Crippen molar-refractivity contribution < 1.29 is 5.11 Å². The van der Waals surface area contributed by atoms with E-state index in [1.54, 1.807) is 12.1 Å². The maximum Gasteiger partial charge on any atom is 0.102 e. The van der Waals surface area contributed by atoms with Gasteiger partial charge in [0.05, 0.1) is 31.2 Å². The van der Waals surface area contributed by atoms with E-state index >= 15 is 0 Å². The summed E-state index contributed by atoms with van der Waals surface area (Å²) in [5.41, 5.74) is -0.0847. The van der Waals surface area contributed by atoms with Crippen LogP contribution in [-0.4, -0.2) is 12.2 Å². The van der Waals surface area contributed by atoms with Crippen LogP contribution in [-0.2, 0) is 0 Å². The zero-order chi connectivity index (χ0) is 12.9. The van der Waals surface area contributed by atoms with E-state index in [-0.39, 0.29) is 31.2 Å². The third kappa shape index (κ3) is 2.71. The molecule has 0 radical (unpaired) electrons. The number of hydrogen-bond donors (Lipinski definition) is 1. The Morgan fingerprint density at radius 3 is 1.31 bits per heavy atom. The molecule has 16 heavy (non-hydrogen) atoms. The van der Waals surface area contributed by atoms with Gasteiger partial charge in [0.15, 0.2) is 0 Å². The molecule has 0 amide bonds. The maximum atomic E-state index is 8.70. The summed E-state index contributed by atoms with van der Waals surface area (Å²) in [4.78, 5) is 0. The lowest BCUT2D eigenvalue weighted by Gasteiger charge is -2.05. The van der Waals surface area contributed by atoms with Crippen LogP contribution in [0, 0.1) is 22.7 Å². The van der Waals surface area contributed by atoms with E-state index in [1.165, 1.54) is 0 Å². The van der Waals surface area contributed by atoms with Crippen LogP contribution in [0.1, 0.15) is 11.1 Å². The lowest BCUT2D eigenvalue weighted by atomic mass is 10.1. The topological polar surface area (TPSA) is 67.8 Å². The van der Waals surface area contributed by atoms with Gasteiger partial charge in [0, 0.05) is 7.11 Å². The van der Waals surface area contributed by atoms with E-state index in [1.807, 2.05) is 0 Å². The van der Waals surface area contributed by atoms with E-state index in [0.717, 1.165) is 7.11 Å². The first-order valence-electron chi connectivity index (χ1n) is 3.65. The highest BCUT2D eigenvalue weighted by Gasteiger charge is 2.19. The molecule has 0 aliphatic carbocycles. The molecule has 1 rings (SSSR count). The molecule has 0 aliphatic heterocycles. The normalized spacial score (nSPS) is 8.50. The Balaban J connectivity index is 0.00000106. The van der Waals surface area contributed by atoms with Crippen LogP contribution in [0.4, 0.5) is 0 Å². The number of aliphatic hydroxyl groups is 1. The van der Waals surface area contributed by atoms with Crippen molar-refractivity contribution in [2.75, 3.05) is 7.11 Å². The Kier molecular flexibility index (Phi) is 6.52. The SMILES string of the molecule is CO.N#Cc1c(Cl)c(Cl)c(Cl)c(C#N)c1Cl. The fraction of sp³-hybridized carbons (Fsp3) is 0.111. The van der Waals surface area contributed by atoms with Crippen LogP contribution in [0.5, 0.6) is 0 Å². The summed E-state index contributed by atoms with van der Waals surface area (Å²) in [7, 11) is 1.00. The highest BCUT2D eigenvalue weighted by Crippen LogP contribution is 2.40. The molecule has 3 nitrogen and oxygen atoms in total. The Bertz CT molecular complexity index is 447. The van der Waals surface area contributed by atoms with Gasteiger partial charge in [0.2, 0.25) is 0 Å². The first-order chi connectivity index (χ1) is 7.54. The fourth-order valence-electron chi connectivity index (χ4n) is 0.830. The second-order valence-electron chi connectivity index (χ2n) is 2.23. The van der Waals surface area contributed by atoms with Gasteiger partial charge in [-0.1, -0.05) is 46.4 Å². The Labute approximate surface area is 112 Å². The number of rotatable bonds is 0. The summed E-state index contributed by atoms with van der Waals surface area (Å²) in [5, 5.41) is 24.2. The summed E-state index contributed by atoms with van der Waals surface area (Å²) in [6, 6.07) is 3.50. The van der Waals surface area contributed by atoms with Gasteiger partial charge in [-0.15, -0.1) is 0 Å². The van der Waals surface area contributed by atoms with Crippen molar-refractivity contribution in [3.8, 4) is 12.1 Å². The van der Waals surface area contributed by atoms with Crippen molar-refractivity contribution in [1.29, 1.82) is 10.5 Å². The van der Waals surface area contributed by atoms with Crippen LogP contribution in [0.3, 0.4) is 0 Å². The Morgan fingerprint density at radius 1 is 0.750 bits per heavy atom. The third-order valence-corrected chi connectivity index (χ3v) is 3.19. The summed E-state index contributed by atoms with van der Waals surface area (Å²) in [5.74, 6) is 0. The molecule has 0 aromatic heterocycles. The number of hydrogen-bond acceptors (Lipinski definition) is 3. The largest absolute Gasteiger partial charge is 0.400 e. The van der Waals surface area contributed by atoms with Gasteiger partial charge >= 0.3 is 0 Å². The summed E-state index contributed by atoms with van der Waals surface area (Å²) in [6.45, 7) is 0. The first kappa shape index (κ1) is 15.3. The molecule has 0 spiro atoms. The van der Waals surface area contributed by atoms with E-state index in [0.29, 0.717) is 0 Å². The van der Waals surface area contributed by atoms with Crippen molar-refractivity contribution in [3.05, 3.63) is 31.2 Å². The van der Waals surface area contributed by atoms with Crippen molar-refractivity contribution in [2.24, 2.45) is 0 Å². The summed E-state index contributed by atoms with van der Waals surface area (Å²) in [6.07, 6.45) is 0. The Hall–Kier alpha value is -0.680. The molecule has 0 saturated heterocycles. The number of nitrogens with zero attached hydrogens (tertiary/aromatic N) is 2. The van der Waals surface area contributed by atoms with E-state index in [9.17, 15) is 0 Å². The molecule has 1 aromatic carbocycles. The van der Waals surface area contributed by atoms with Crippen LogP contribution < -0.4 is 0 Å². The molecule has 1 N–H and O–H groups in total. The number of benzene rings is 1. The zero-order valence-electron chi connectivity index (χ0n) is 7.85. The minimum atomic E-state index is -0.0746. The maximum absolute atomic E-state index is 8.70. The second kappa shape index (κ2) is 6.81. The lowest BCUT2D eigenvalue weighted by molar-refractivity contribution is 0.399. The van der Waals surface area contributed by atoms with Gasteiger partial charge in [-0.3, -0.25) is 0 Å².